The number of hydrogen-bond acceptors (Lipinski definition) is 2. The lowest BCUT2D eigenvalue weighted by Crippen LogP contribution is -2.30. The molecular weight excluding hydrogens is 200 g/mol. The second kappa shape index (κ2) is 3.16. The van der Waals surface area contributed by atoms with Crippen molar-refractivity contribution in [2.45, 2.75) is 13.3 Å². The van der Waals surface area contributed by atoms with Gasteiger partial charge in [0, 0.05) is 6.54 Å². The molecule has 1 aliphatic heterocycles. The van der Waals surface area contributed by atoms with E-state index in [-0.39, 0.29) is 0 Å². The highest BCUT2D eigenvalue weighted by atomic mass is 32.2. The van der Waals surface area contributed by atoms with Crippen LogP contribution >= 0.6 is 0 Å². The summed E-state index contributed by atoms with van der Waals surface area (Å²) in [5.41, 5.74) is 1.41. The number of anilines is 2. The van der Waals surface area contributed by atoms with Crippen molar-refractivity contribution in [1.29, 1.82) is 0 Å². The summed E-state index contributed by atoms with van der Waals surface area (Å²) >= 11 is 0. The molecule has 4 nitrogen and oxygen atoms in total. The molecule has 0 bridgehead atoms. The zero-order valence-corrected chi connectivity index (χ0v) is 8.71. The van der Waals surface area contributed by atoms with Crippen LogP contribution in [0.3, 0.4) is 0 Å². The highest BCUT2D eigenvalue weighted by Gasteiger charge is 2.30. The number of hydrogen-bond donors (Lipinski definition) is 1. The summed E-state index contributed by atoms with van der Waals surface area (Å²) < 4.78 is 27.2. The maximum absolute atomic E-state index is 11.6. The van der Waals surface area contributed by atoms with Gasteiger partial charge in [0.05, 0.1) is 11.4 Å². The summed E-state index contributed by atoms with van der Waals surface area (Å²) in [5, 5.41) is 0. The van der Waals surface area contributed by atoms with Gasteiger partial charge in [-0.25, -0.2) is 0 Å². The first-order valence-electron chi connectivity index (χ1n) is 4.54. The normalized spacial score (nSPS) is 17.6. The van der Waals surface area contributed by atoms with Crippen molar-refractivity contribution in [2.24, 2.45) is 0 Å². The number of para-hydroxylation sites is 2. The molecule has 14 heavy (non-hydrogen) atoms. The standard InChI is InChI=1S/C9H12N2O2S/c1-2-7-11-9-6-4-3-5-8(9)10-14(11,12)13/h3-6,10H,2,7H2,1H3. The van der Waals surface area contributed by atoms with Crippen LogP contribution in [0.15, 0.2) is 24.3 Å². The van der Waals surface area contributed by atoms with E-state index < -0.39 is 10.2 Å². The molecule has 0 spiro atoms. The first-order valence-corrected chi connectivity index (χ1v) is 5.98. The zero-order chi connectivity index (χ0) is 10.2. The van der Waals surface area contributed by atoms with E-state index in [1.54, 1.807) is 6.07 Å². The first-order chi connectivity index (χ1) is 6.65. The van der Waals surface area contributed by atoms with Crippen LogP contribution in [0.25, 0.3) is 0 Å². The van der Waals surface area contributed by atoms with E-state index in [0.29, 0.717) is 12.2 Å². The second-order valence-corrected chi connectivity index (χ2v) is 4.79. The maximum Gasteiger partial charge on any atom is 0.324 e. The molecule has 0 amide bonds. The highest BCUT2D eigenvalue weighted by molar-refractivity contribution is 7.94. The minimum Gasteiger partial charge on any atom is -0.264 e. The third kappa shape index (κ3) is 1.33. The van der Waals surface area contributed by atoms with Gasteiger partial charge in [0.25, 0.3) is 0 Å². The van der Waals surface area contributed by atoms with Gasteiger partial charge < -0.3 is 0 Å². The lowest BCUT2D eigenvalue weighted by Gasteiger charge is -2.14. The molecule has 5 heteroatoms. The van der Waals surface area contributed by atoms with E-state index in [1.807, 2.05) is 25.1 Å². The molecule has 1 aliphatic rings. The molecule has 1 heterocycles. The molecule has 0 saturated heterocycles. The van der Waals surface area contributed by atoms with Crippen LogP contribution < -0.4 is 9.03 Å². The van der Waals surface area contributed by atoms with Gasteiger partial charge in [0.15, 0.2) is 0 Å². The first kappa shape index (κ1) is 9.33. The molecule has 76 valence electrons. The summed E-state index contributed by atoms with van der Waals surface area (Å²) in [4.78, 5) is 0. The number of nitrogens with zero attached hydrogens (tertiary/aromatic N) is 1. The second-order valence-electron chi connectivity index (χ2n) is 3.20. The molecule has 0 saturated carbocycles. The fraction of sp³-hybridized carbons (Fsp3) is 0.333. The van der Waals surface area contributed by atoms with Crippen LogP contribution in [0.2, 0.25) is 0 Å². The molecule has 0 radical (unpaired) electrons. The van der Waals surface area contributed by atoms with E-state index in [9.17, 15) is 8.42 Å². The SMILES string of the molecule is CCCN1c2ccccc2NS1(=O)=O. The van der Waals surface area contributed by atoms with Crippen molar-refractivity contribution >= 4 is 21.6 Å². The van der Waals surface area contributed by atoms with Crippen molar-refractivity contribution < 1.29 is 8.42 Å². The summed E-state index contributed by atoms with van der Waals surface area (Å²) in [6.07, 6.45) is 0.801. The van der Waals surface area contributed by atoms with Gasteiger partial charge in [-0.1, -0.05) is 19.1 Å². The van der Waals surface area contributed by atoms with Gasteiger partial charge in [-0.2, -0.15) is 8.42 Å². The summed E-state index contributed by atoms with van der Waals surface area (Å²) in [5.74, 6) is 0. The fourth-order valence-electron chi connectivity index (χ4n) is 1.54. The molecule has 0 aliphatic carbocycles. The largest absolute Gasteiger partial charge is 0.324 e. The molecule has 1 aromatic rings. The van der Waals surface area contributed by atoms with E-state index in [0.717, 1.165) is 12.1 Å². The van der Waals surface area contributed by atoms with Crippen LogP contribution in [0, 0.1) is 0 Å². The lowest BCUT2D eigenvalue weighted by molar-refractivity contribution is 0.597. The summed E-state index contributed by atoms with van der Waals surface area (Å²) in [7, 11) is -3.33. The minimum absolute atomic E-state index is 0.520. The smallest absolute Gasteiger partial charge is 0.264 e. The Kier molecular flexibility index (Phi) is 2.11. The van der Waals surface area contributed by atoms with Crippen LogP contribution in [0.5, 0.6) is 0 Å². The predicted molar refractivity (Wildman–Crippen MR) is 56.6 cm³/mol. The van der Waals surface area contributed by atoms with Gasteiger partial charge in [0.2, 0.25) is 0 Å². The van der Waals surface area contributed by atoms with E-state index >= 15 is 0 Å². The van der Waals surface area contributed by atoms with Gasteiger partial charge in [-0.3, -0.25) is 9.03 Å². The van der Waals surface area contributed by atoms with E-state index in [2.05, 4.69) is 4.72 Å². The third-order valence-electron chi connectivity index (χ3n) is 2.13. The van der Waals surface area contributed by atoms with Gasteiger partial charge in [0.1, 0.15) is 0 Å². The minimum atomic E-state index is -3.33. The average molecular weight is 212 g/mol. The summed E-state index contributed by atoms with van der Waals surface area (Å²) in [6, 6.07) is 7.23. The number of benzene rings is 1. The predicted octanol–water partition coefficient (Wildman–Crippen LogP) is 1.57. The summed E-state index contributed by atoms with van der Waals surface area (Å²) in [6.45, 7) is 2.47. The molecule has 1 aromatic carbocycles. The van der Waals surface area contributed by atoms with E-state index in [1.165, 1.54) is 4.31 Å². The van der Waals surface area contributed by atoms with Crippen molar-refractivity contribution in [3.05, 3.63) is 24.3 Å². The highest BCUT2D eigenvalue weighted by Crippen LogP contribution is 2.34. The monoisotopic (exact) mass is 212 g/mol. The Bertz CT molecular complexity index is 442. The maximum atomic E-state index is 11.6. The molecular formula is C9H12N2O2S. The van der Waals surface area contributed by atoms with Crippen LogP contribution in [0.4, 0.5) is 11.4 Å². The van der Waals surface area contributed by atoms with E-state index in [4.69, 9.17) is 0 Å². The Hall–Kier alpha value is -1.23. The molecule has 0 aromatic heterocycles. The van der Waals surface area contributed by atoms with Crippen molar-refractivity contribution in [1.82, 2.24) is 0 Å². The van der Waals surface area contributed by atoms with Gasteiger partial charge in [-0.05, 0) is 18.6 Å². The topological polar surface area (TPSA) is 49.4 Å². The lowest BCUT2D eigenvalue weighted by atomic mass is 10.2. The zero-order valence-electron chi connectivity index (χ0n) is 7.90. The Morgan fingerprint density at radius 3 is 2.79 bits per heavy atom. The van der Waals surface area contributed by atoms with Gasteiger partial charge >= 0.3 is 10.2 Å². The average Bonchev–Trinajstić information content (AvgIpc) is 2.39. The molecule has 0 atom stereocenters. The Morgan fingerprint density at radius 1 is 1.36 bits per heavy atom. The van der Waals surface area contributed by atoms with Crippen molar-refractivity contribution in [2.75, 3.05) is 15.6 Å². The Balaban J connectivity index is 2.48. The van der Waals surface area contributed by atoms with Gasteiger partial charge in [-0.15, -0.1) is 0 Å². The number of nitrogens with one attached hydrogen (secondary N) is 1. The quantitative estimate of drug-likeness (QED) is 0.809. The van der Waals surface area contributed by atoms with Crippen LogP contribution in [-0.4, -0.2) is 15.0 Å². The number of rotatable bonds is 2. The fourth-order valence-corrected chi connectivity index (χ4v) is 2.95. The third-order valence-corrected chi connectivity index (χ3v) is 3.57. The Labute approximate surface area is 83.7 Å². The van der Waals surface area contributed by atoms with Crippen molar-refractivity contribution in [3.63, 3.8) is 0 Å². The molecule has 2 rings (SSSR count). The van der Waals surface area contributed by atoms with Crippen LogP contribution in [0.1, 0.15) is 13.3 Å². The van der Waals surface area contributed by atoms with Crippen LogP contribution in [-0.2, 0) is 10.2 Å². The number of fused-ring (bicyclic) bond motifs is 1. The molecule has 0 unspecified atom stereocenters. The molecule has 1 N–H and O–H groups in total. The molecule has 0 fully saturated rings. The Morgan fingerprint density at radius 2 is 2.07 bits per heavy atom. The van der Waals surface area contributed by atoms with Crippen molar-refractivity contribution in [3.8, 4) is 0 Å².